The summed E-state index contributed by atoms with van der Waals surface area (Å²) in [6.45, 7) is 2.39. The Balaban J connectivity index is 1.96. The molecule has 0 bridgehead atoms. The van der Waals surface area contributed by atoms with E-state index in [2.05, 4.69) is 9.98 Å². The van der Waals surface area contributed by atoms with Crippen LogP contribution in [0.3, 0.4) is 0 Å². The molecule has 0 spiro atoms. The number of pyridine rings is 1. The molecule has 7 nitrogen and oxygen atoms in total. The van der Waals surface area contributed by atoms with Crippen molar-refractivity contribution in [2.45, 2.75) is 25.6 Å². The molecule has 1 atom stereocenters. The fraction of sp³-hybridized carbons (Fsp3) is 0.227. The van der Waals surface area contributed by atoms with E-state index in [-0.39, 0.29) is 18.5 Å². The van der Waals surface area contributed by atoms with Crippen LogP contribution in [0.2, 0.25) is 0 Å². The van der Waals surface area contributed by atoms with Crippen molar-refractivity contribution in [2.75, 3.05) is 7.05 Å². The first-order valence-corrected chi connectivity index (χ1v) is 9.57. The average molecular weight is 407 g/mol. The molecule has 1 aliphatic heterocycles. The van der Waals surface area contributed by atoms with E-state index in [1.807, 2.05) is 11.5 Å². The molecule has 3 heterocycles. The summed E-state index contributed by atoms with van der Waals surface area (Å²) in [5, 5.41) is 9.73. The van der Waals surface area contributed by atoms with E-state index in [9.17, 15) is 14.3 Å². The number of aliphatic imine (C=N–C) groups is 1. The summed E-state index contributed by atoms with van der Waals surface area (Å²) in [7, 11) is 1.57. The lowest BCUT2D eigenvalue weighted by atomic mass is 9.83. The standard InChI is InChI=1S/C22H22FN5O2/c1-3-28-12-16(11-17(28)13-29)22(20(30)27(2)21(24)26-22)15-7-4-6-14(10-15)18-8-5-9-25-19(18)23/h4-12,29H,3,13H2,1-2H3,(H2,24,26). The molecule has 2 aromatic heterocycles. The van der Waals surface area contributed by atoms with Crippen LogP contribution in [0, 0.1) is 5.95 Å². The Kier molecular flexibility index (Phi) is 4.87. The predicted molar refractivity (Wildman–Crippen MR) is 111 cm³/mol. The highest BCUT2D eigenvalue weighted by Gasteiger charge is 2.50. The summed E-state index contributed by atoms with van der Waals surface area (Å²) in [6, 6.07) is 12.0. The monoisotopic (exact) mass is 407 g/mol. The number of likely N-dealkylation sites (N-methyl/N-ethyl adjacent to an activating group) is 1. The van der Waals surface area contributed by atoms with E-state index in [0.717, 1.165) is 0 Å². The van der Waals surface area contributed by atoms with E-state index in [4.69, 9.17) is 5.73 Å². The summed E-state index contributed by atoms with van der Waals surface area (Å²) in [5.41, 5.74) is 7.32. The maximum Gasteiger partial charge on any atom is 0.266 e. The van der Waals surface area contributed by atoms with Gasteiger partial charge < -0.3 is 15.4 Å². The van der Waals surface area contributed by atoms with Crippen molar-refractivity contribution in [3.63, 3.8) is 0 Å². The maximum atomic E-state index is 14.3. The lowest BCUT2D eigenvalue weighted by molar-refractivity contribution is -0.129. The number of aliphatic hydroxyl groups is 1. The number of carbonyl (C=O) groups excluding carboxylic acids is 1. The fourth-order valence-electron chi connectivity index (χ4n) is 3.88. The van der Waals surface area contributed by atoms with E-state index < -0.39 is 11.5 Å². The van der Waals surface area contributed by atoms with Gasteiger partial charge in [-0.2, -0.15) is 4.39 Å². The Bertz CT molecular complexity index is 1130. The number of hydrogen-bond acceptors (Lipinski definition) is 5. The molecule has 4 rings (SSSR count). The van der Waals surface area contributed by atoms with Crippen LogP contribution in [0.4, 0.5) is 4.39 Å². The predicted octanol–water partition coefficient (Wildman–Crippen LogP) is 2.23. The van der Waals surface area contributed by atoms with Crippen molar-refractivity contribution >= 4 is 11.9 Å². The number of guanidine groups is 1. The van der Waals surface area contributed by atoms with Crippen LogP contribution in [0.1, 0.15) is 23.7 Å². The van der Waals surface area contributed by atoms with E-state index in [0.29, 0.717) is 34.5 Å². The number of aromatic nitrogens is 2. The molecule has 1 aromatic carbocycles. The third-order valence-corrected chi connectivity index (χ3v) is 5.50. The van der Waals surface area contributed by atoms with Crippen molar-refractivity contribution in [1.29, 1.82) is 0 Å². The van der Waals surface area contributed by atoms with Crippen LogP contribution < -0.4 is 5.73 Å². The lowest BCUT2D eigenvalue weighted by Gasteiger charge is -2.25. The summed E-state index contributed by atoms with van der Waals surface area (Å²) in [4.78, 5) is 23.0. The van der Waals surface area contributed by atoms with E-state index in [1.54, 1.807) is 55.7 Å². The largest absolute Gasteiger partial charge is 0.390 e. The number of benzene rings is 1. The fourth-order valence-corrected chi connectivity index (χ4v) is 3.88. The number of nitrogens with two attached hydrogens (primary N) is 1. The number of aryl methyl sites for hydroxylation is 1. The molecule has 1 unspecified atom stereocenters. The van der Waals surface area contributed by atoms with Crippen LogP contribution >= 0.6 is 0 Å². The molecule has 3 N–H and O–H groups in total. The normalized spacial score (nSPS) is 18.7. The molecule has 1 aliphatic rings. The van der Waals surface area contributed by atoms with Crippen LogP contribution in [0.15, 0.2) is 59.9 Å². The Morgan fingerprint density at radius 2 is 2.00 bits per heavy atom. The Labute approximate surface area is 173 Å². The Hall–Kier alpha value is -3.52. The van der Waals surface area contributed by atoms with Crippen LogP contribution in [0.5, 0.6) is 0 Å². The third kappa shape index (κ3) is 2.88. The molecule has 154 valence electrons. The lowest BCUT2D eigenvalue weighted by Crippen LogP contribution is -2.41. The Morgan fingerprint density at radius 3 is 2.60 bits per heavy atom. The van der Waals surface area contributed by atoms with Crippen molar-refractivity contribution in [1.82, 2.24) is 14.5 Å². The second-order valence-electron chi connectivity index (χ2n) is 7.13. The second-order valence-corrected chi connectivity index (χ2v) is 7.13. The number of rotatable bonds is 5. The third-order valence-electron chi connectivity index (χ3n) is 5.50. The van der Waals surface area contributed by atoms with Gasteiger partial charge in [-0.3, -0.25) is 9.69 Å². The highest BCUT2D eigenvalue weighted by atomic mass is 19.1. The van der Waals surface area contributed by atoms with Gasteiger partial charge >= 0.3 is 0 Å². The molecule has 0 aliphatic carbocycles. The molecule has 3 aromatic rings. The van der Waals surface area contributed by atoms with Gasteiger partial charge in [0.2, 0.25) is 5.95 Å². The summed E-state index contributed by atoms with van der Waals surface area (Å²) in [6.07, 6.45) is 3.19. The first kappa shape index (κ1) is 19.8. The van der Waals surface area contributed by atoms with Gasteiger partial charge in [0.25, 0.3) is 5.91 Å². The molecule has 30 heavy (non-hydrogen) atoms. The minimum absolute atomic E-state index is 0.0905. The van der Waals surface area contributed by atoms with Gasteiger partial charge in [-0.05, 0) is 42.3 Å². The summed E-state index contributed by atoms with van der Waals surface area (Å²) in [5.74, 6) is -0.824. The minimum Gasteiger partial charge on any atom is -0.390 e. The number of amides is 1. The van der Waals surface area contributed by atoms with Gasteiger partial charge in [0.05, 0.1) is 6.61 Å². The van der Waals surface area contributed by atoms with Crippen LogP contribution in [0.25, 0.3) is 11.1 Å². The van der Waals surface area contributed by atoms with Gasteiger partial charge in [-0.15, -0.1) is 0 Å². The molecule has 0 fully saturated rings. The molecular formula is C22H22FN5O2. The molecule has 0 saturated heterocycles. The number of nitrogens with zero attached hydrogens (tertiary/aromatic N) is 4. The van der Waals surface area contributed by atoms with Gasteiger partial charge in [-0.1, -0.05) is 18.2 Å². The zero-order valence-electron chi connectivity index (χ0n) is 16.7. The van der Waals surface area contributed by atoms with Gasteiger partial charge in [0.1, 0.15) is 0 Å². The first-order valence-electron chi connectivity index (χ1n) is 9.57. The molecule has 0 saturated carbocycles. The van der Waals surface area contributed by atoms with Crippen LogP contribution in [-0.4, -0.2) is 38.5 Å². The average Bonchev–Trinajstić information content (AvgIpc) is 3.29. The number of aliphatic hydroxyl groups excluding tert-OH is 1. The summed E-state index contributed by atoms with van der Waals surface area (Å²) < 4.78 is 16.1. The molecular weight excluding hydrogens is 385 g/mol. The second kappa shape index (κ2) is 7.38. The zero-order valence-corrected chi connectivity index (χ0v) is 16.7. The zero-order chi connectivity index (χ0) is 21.5. The van der Waals surface area contributed by atoms with Crippen LogP contribution in [-0.2, 0) is 23.5 Å². The quantitative estimate of drug-likeness (QED) is 0.634. The Morgan fingerprint density at radius 1 is 1.20 bits per heavy atom. The van der Waals surface area contributed by atoms with Crippen molar-refractivity contribution in [2.24, 2.45) is 10.7 Å². The first-order chi connectivity index (χ1) is 14.4. The smallest absolute Gasteiger partial charge is 0.266 e. The van der Waals surface area contributed by atoms with Gasteiger partial charge in [0, 0.05) is 42.8 Å². The van der Waals surface area contributed by atoms with Crippen molar-refractivity contribution in [3.8, 4) is 11.1 Å². The number of hydrogen-bond donors (Lipinski definition) is 2. The maximum absolute atomic E-state index is 14.3. The molecule has 0 radical (unpaired) electrons. The number of carbonyl (C=O) groups is 1. The highest BCUT2D eigenvalue weighted by Crippen LogP contribution is 2.41. The highest BCUT2D eigenvalue weighted by molar-refractivity contribution is 6.09. The van der Waals surface area contributed by atoms with Crippen molar-refractivity contribution in [3.05, 3.63) is 77.6 Å². The van der Waals surface area contributed by atoms with Crippen molar-refractivity contribution < 1.29 is 14.3 Å². The SMILES string of the molecule is CCn1cc(C2(c3cccc(-c4cccnc4F)c3)N=C(N)N(C)C2=O)cc1CO. The topological polar surface area (TPSA) is 96.7 Å². The minimum atomic E-state index is -1.42. The summed E-state index contributed by atoms with van der Waals surface area (Å²) >= 11 is 0. The number of halogens is 1. The van der Waals surface area contributed by atoms with E-state index in [1.165, 1.54) is 11.1 Å². The van der Waals surface area contributed by atoms with E-state index >= 15 is 0 Å². The molecule has 8 heteroatoms. The molecule has 1 amide bonds. The van der Waals surface area contributed by atoms with Gasteiger partial charge in [0.15, 0.2) is 11.5 Å². The van der Waals surface area contributed by atoms with Gasteiger partial charge in [-0.25, -0.2) is 9.98 Å².